The first-order valence-electron chi connectivity index (χ1n) is 4.26. The van der Waals surface area contributed by atoms with E-state index in [-0.39, 0.29) is 5.56 Å². The standard InChI is InChI=1S/C10H9FO5/c1-16-10(15)5-2-3-6(7(11)4-5)8(12)9(13)14/h2-4,8,12H,1H3,(H,13,14). The molecule has 16 heavy (non-hydrogen) atoms. The number of methoxy groups -OCH3 is 1. The zero-order valence-corrected chi connectivity index (χ0v) is 8.31. The van der Waals surface area contributed by atoms with Crippen molar-refractivity contribution in [3.8, 4) is 0 Å². The molecule has 0 radical (unpaired) electrons. The number of aliphatic carboxylic acids is 1. The molecule has 0 aliphatic heterocycles. The number of halogens is 1. The molecule has 1 aromatic rings. The van der Waals surface area contributed by atoms with Gasteiger partial charge in [0.25, 0.3) is 0 Å². The molecule has 1 unspecified atom stereocenters. The predicted octanol–water partition coefficient (Wildman–Crippen LogP) is 0.730. The van der Waals surface area contributed by atoms with Crippen molar-refractivity contribution in [3.63, 3.8) is 0 Å². The van der Waals surface area contributed by atoms with Gasteiger partial charge in [0, 0.05) is 5.56 Å². The van der Waals surface area contributed by atoms with Gasteiger partial charge in [-0.05, 0) is 12.1 Å². The molecule has 0 aromatic heterocycles. The van der Waals surface area contributed by atoms with Gasteiger partial charge in [0.05, 0.1) is 12.7 Å². The van der Waals surface area contributed by atoms with Gasteiger partial charge in [-0.1, -0.05) is 6.07 Å². The molecule has 1 aromatic carbocycles. The number of carbonyl (C=O) groups is 2. The molecule has 5 nitrogen and oxygen atoms in total. The lowest BCUT2D eigenvalue weighted by atomic mass is 10.1. The van der Waals surface area contributed by atoms with E-state index in [0.29, 0.717) is 0 Å². The Morgan fingerprint density at radius 2 is 2.06 bits per heavy atom. The van der Waals surface area contributed by atoms with E-state index in [0.717, 1.165) is 19.2 Å². The van der Waals surface area contributed by atoms with Crippen LogP contribution in [0.5, 0.6) is 0 Å². The highest BCUT2D eigenvalue weighted by Gasteiger charge is 2.21. The van der Waals surface area contributed by atoms with Gasteiger partial charge >= 0.3 is 11.9 Å². The average Bonchev–Trinajstić information content (AvgIpc) is 2.26. The van der Waals surface area contributed by atoms with Crippen molar-refractivity contribution in [2.45, 2.75) is 6.10 Å². The molecule has 0 saturated carbocycles. The summed E-state index contributed by atoms with van der Waals surface area (Å²) in [4.78, 5) is 21.4. The van der Waals surface area contributed by atoms with E-state index < -0.39 is 29.4 Å². The predicted molar refractivity (Wildman–Crippen MR) is 50.3 cm³/mol. The van der Waals surface area contributed by atoms with E-state index in [9.17, 15) is 14.0 Å². The molecule has 0 spiro atoms. The number of carboxylic acid groups (broad SMARTS) is 1. The molecule has 0 fully saturated rings. The summed E-state index contributed by atoms with van der Waals surface area (Å²) in [7, 11) is 1.14. The molecule has 86 valence electrons. The topological polar surface area (TPSA) is 83.8 Å². The van der Waals surface area contributed by atoms with Crippen LogP contribution >= 0.6 is 0 Å². The van der Waals surface area contributed by atoms with Crippen LogP contribution in [0.4, 0.5) is 4.39 Å². The van der Waals surface area contributed by atoms with Crippen LogP contribution in [0.1, 0.15) is 22.0 Å². The molecular formula is C10H9FO5. The van der Waals surface area contributed by atoms with Crippen LogP contribution in [0.3, 0.4) is 0 Å². The molecule has 0 aliphatic rings. The van der Waals surface area contributed by atoms with Crippen molar-refractivity contribution in [2.24, 2.45) is 0 Å². The van der Waals surface area contributed by atoms with Crippen LogP contribution < -0.4 is 0 Å². The van der Waals surface area contributed by atoms with E-state index >= 15 is 0 Å². The van der Waals surface area contributed by atoms with E-state index in [4.69, 9.17) is 10.2 Å². The summed E-state index contributed by atoms with van der Waals surface area (Å²) < 4.78 is 17.7. The van der Waals surface area contributed by atoms with E-state index in [1.165, 1.54) is 6.07 Å². The Morgan fingerprint density at radius 3 is 2.50 bits per heavy atom. The van der Waals surface area contributed by atoms with Gasteiger partial charge in [-0.15, -0.1) is 0 Å². The number of esters is 1. The van der Waals surface area contributed by atoms with Crippen molar-refractivity contribution in [1.82, 2.24) is 0 Å². The second-order valence-electron chi connectivity index (χ2n) is 2.97. The highest BCUT2D eigenvalue weighted by molar-refractivity contribution is 5.89. The Kier molecular flexibility index (Phi) is 3.57. The number of aliphatic hydroxyl groups is 1. The van der Waals surface area contributed by atoms with E-state index in [2.05, 4.69) is 4.74 Å². The van der Waals surface area contributed by atoms with Crippen LogP contribution in [0.15, 0.2) is 18.2 Å². The Hall–Kier alpha value is -1.95. The number of rotatable bonds is 3. The van der Waals surface area contributed by atoms with E-state index in [1.54, 1.807) is 0 Å². The maximum atomic E-state index is 13.3. The number of hydrogen-bond acceptors (Lipinski definition) is 4. The molecule has 0 aliphatic carbocycles. The van der Waals surface area contributed by atoms with Crippen molar-refractivity contribution in [1.29, 1.82) is 0 Å². The highest BCUT2D eigenvalue weighted by Crippen LogP contribution is 2.18. The molecule has 0 saturated heterocycles. The third kappa shape index (κ3) is 2.34. The normalized spacial score (nSPS) is 11.9. The van der Waals surface area contributed by atoms with Crippen LogP contribution in [0.2, 0.25) is 0 Å². The first-order valence-corrected chi connectivity index (χ1v) is 4.26. The number of carbonyl (C=O) groups excluding carboxylic acids is 1. The lowest BCUT2D eigenvalue weighted by Crippen LogP contribution is -2.13. The molecule has 1 atom stereocenters. The second kappa shape index (κ2) is 4.71. The number of benzene rings is 1. The van der Waals surface area contributed by atoms with Crippen LogP contribution in [-0.4, -0.2) is 29.3 Å². The van der Waals surface area contributed by atoms with Crippen molar-refractivity contribution in [3.05, 3.63) is 35.1 Å². The summed E-state index contributed by atoms with van der Waals surface area (Å²) in [5.74, 6) is -3.28. The fourth-order valence-electron chi connectivity index (χ4n) is 1.13. The highest BCUT2D eigenvalue weighted by atomic mass is 19.1. The van der Waals surface area contributed by atoms with Gasteiger partial charge in [0.15, 0.2) is 6.10 Å². The maximum absolute atomic E-state index is 13.3. The molecular weight excluding hydrogens is 219 g/mol. The lowest BCUT2D eigenvalue weighted by molar-refractivity contribution is -0.147. The third-order valence-corrected chi connectivity index (χ3v) is 1.95. The van der Waals surface area contributed by atoms with Crippen LogP contribution in [-0.2, 0) is 9.53 Å². The minimum atomic E-state index is -1.95. The van der Waals surface area contributed by atoms with Gasteiger partial charge in [0.1, 0.15) is 5.82 Å². The fourth-order valence-corrected chi connectivity index (χ4v) is 1.13. The Labute approximate surface area is 90.1 Å². The fraction of sp³-hybridized carbons (Fsp3) is 0.200. The summed E-state index contributed by atoms with van der Waals surface area (Å²) in [5.41, 5.74) is -0.457. The average molecular weight is 228 g/mol. The van der Waals surface area contributed by atoms with Crippen molar-refractivity contribution in [2.75, 3.05) is 7.11 Å². The summed E-state index contributed by atoms with van der Waals surface area (Å²) >= 11 is 0. The largest absolute Gasteiger partial charge is 0.479 e. The Balaban J connectivity index is 3.09. The quantitative estimate of drug-likeness (QED) is 0.745. The molecule has 0 heterocycles. The smallest absolute Gasteiger partial charge is 0.337 e. The number of hydrogen-bond donors (Lipinski definition) is 2. The summed E-state index contributed by atoms with van der Waals surface area (Å²) in [6, 6.07) is 3.02. The summed E-state index contributed by atoms with van der Waals surface area (Å²) in [6.07, 6.45) is -1.95. The summed E-state index contributed by atoms with van der Waals surface area (Å²) in [5, 5.41) is 17.6. The zero-order chi connectivity index (χ0) is 12.3. The first kappa shape index (κ1) is 12.1. The number of aliphatic hydroxyl groups excluding tert-OH is 1. The zero-order valence-electron chi connectivity index (χ0n) is 8.31. The molecule has 2 N–H and O–H groups in total. The number of ether oxygens (including phenoxy) is 1. The van der Waals surface area contributed by atoms with Gasteiger partial charge in [-0.3, -0.25) is 0 Å². The lowest BCUT2D eigenvalue weighted by Gasteiger charge is -2.08. The van der Waals surface area contributed by atoms with Gasteiger partial charge in [-0.25, -0.2) is 14.0 Å². The Morgan fingerprint density at radius 1 is 1.44 bits per heavy atom. The molecule has 0 bridgehead atoms. The molecule has 0 amide bonds. The van der Waals surface area contributed by atoms with Crippen molar-refractivity contribution < 1.29 is 28.9 Å². The SMILES string of the molecule is COC(=O)c1ccc(C(O)C(=O)O)c(F)c1. The summed E-state index contributed by atoms with van der Waals surface area (Å²) in [6.45, 7) is 0. The van der Waals surface area contributed by atoms with Crippen LogP contribution in [0.25, 0.3) is 0 Å². The van der Waals surface area contributed by atoms with Crippen LogP contribution in [0, 0.1) is 5.82 Å². The minimum Gasteiger partial charge on any atom is -0.479 e. The first-order chi connectivity index (χ1) is 7.47. The third-order valence-electron chi connectivity index (χ3n) is 1.95. The minimum absolute atomic E-state index is 0.0543. The molecule has 1 rings (SSSR count). The van der Waals surface area contributed by atoms with E-state index in [1.807, 2.05) is 0 Å². The number of carboxylic acids is 1. The second-order valence-corrected chi connectivity index (χ2v) is 2.97. The van der Waals surface area contributed by atoms with Gasteiger partial charge in [0.2, 0.25) is 0 Å². The Bertz CT molecular complexity index is 429. The molecule has 6 heteroatoms. The van der Waals surface area contributed by atoms with Gasteiger partial charge < -0.3 is 14.9 Å². The van der Waals surface area contributed by atoms with Gasteiger partial charge in [-0.2, -0.15) is 0 Å². The van der Waals surface area contributed by atoms with Crippen molar-refractivity contribution >= 4 is 11.9 Å². The maximum Gasteiger partial charge on any atom is 0.337 e. The monoisotopic (exact) mass is 228 g/mol.